The third-order valence-electron chi connectivity index (χ3n) is 10.4. The lowest BCUT2D eigenvalue weighted by atomic mass is 9.49. The molecule has 3 aliphatic rings. The van der Waals surface area contributed by atoms with Crippen molar-refractivity contribution in [2.75, 3.05) is 0 Å². The molecule has 0 aromatic heterocycles. The molecule has 0 radical (unpaired) electrons. The molecule has 0 amide bonds. The maximum Gasteiger partial charge on any atom is -0.0264 e. The van der Waals surface area contributed by atoms with Gasteiger partial charge in [-0.3, -0.25) is 0 Å². The van der Waals surface area contributed by atoms with E-state index < -0.39 is 0 Å². The van der Waals surface area contributed by atoms with Crippen molar-refractivity contribution in [3.05, 3.63) is 0 Å². The van der Waals surface area contributed by atoms with Crippen molar-refractivity contribution in [1.82, 2.24) is 0 Å². The number of rotatable bonds is 7. The quantitative estimate of drug-likeness (QED) is 0.408. The van der Waals surface area contributed by atoms with E-state index in [1.807, 2.05) is 0 Å². The van der Waals surface area contributed by atoms with Crippen molar-refractivity contribution >= 4 is 0 Å². The Hall–Kier alpha value is 0. The Morgan fingerprint density at radius 1 is 0.821 bits per heavy atom. The van der Waals surface area contributed by atoms with E-state index in [0.29, 0.717) is 10.8 Å². The smallest absolute Gasteiger partial charge is 0.0264 e. The summed E-state index contributed by atoms with van der Waals surface area (Å²) in [6.07, 6.45) is 17.9. The first-order chi connectivity index (χ1) is 13.2. The third kappa shape index (κ3) is 4.37. The Balaban J connectivity index is 1.69. The van der Waals surface area contributed by atoms with Crippen molar-refractivity contribution in [1.29, 1.82) is 0 Å². The van der Waals surface area contributed by atoms with Crippen LogP contribution in [0.3, 0.4) is 0 Å². The molecule has 5 unspecified atom stereocenters. The Labute approximate surface area is 178 Å². The standard InChI is InChI=1S/C28H52/c1-8-23-25(27(6)17-14-21(4)15-18-27)16-19-28(7)24(12-13-26(23)28)22(5)11-9-10-20(2)3/h20-26H,8-19H2,1-7H3/t21?,22-,23?,24?,25?,26?,27?,28?/m1/s1. The van der Waals surface area contributed by atoms with Crippen LogP contribution in [-0.4, -0.2) is 0 Å². The van der Waals surface area contributed by atoms with Crippen molar-refractivity contribution in [3.63, 3.8) is 0 Å². The molecule has 0 heterocycles. The lowest BCUT2D eigenvalue weighted by Gasteiger charge is -2.56. The predicted octanol–water partition coefficient (Wildman–Crippen LogP) is 9.13. The zero-order chi connectivity index (χ0) is 20.5. The molecule has 3 rings (SSSR count). The molecule has 0 spiro atoms. The lowest BCUT2D eigenvalue weighted by Crippen LogP contribution is -2.48. The Bertz CT molecular complexity index is 482. The molecule has 3 saturated carbocycles. The van der Waals surface area contributed by atoms with Gasteiger partial charge < -0.3 is 0 Å². The van der Waals surface area contributed by atoms with Crippen LogP contribution in [0.4, 0.5) is 0 Å². The topological polar surface area (TPSA) is 0 Å². The van der Waals surface area contributed by atoms with Gasteiger partial charge in [-0.2, -0.15) is 0 Å². The Morgan fingerprint density at radius 2 is 1.50 bits per heavy atom. The molecule has 0 bridgehead atoms. The van der Waals surface area contributed by atoms with Crippen LogP contribution >= 0.6 is 0 Å². The van der Waals surface area contributed by atoms with Gasteiger partial charge in [0.1, 0.15) is 0 Å². The molecule has 0 N–H and O–H groups in total. The number of hydrogen-bond acceptors (Lipinski definition) is 0. The Kier molecular flexibility index (Phi) is 7.30. The predicted molar refractivity (Wildman–Crippen MR) is 124 cm³/mol. The summed E-state index contributed by atoms with van der Waals surface area (Å²) in [5.41, 5.74) is 1.29. The van der Waals surface area contributed by atoms with E-state index >= 15 is 0 Å². The number of fused-ring (bicyclic) bond motifs is 1. The van der Waals surface area contributed by atoms with Gasteiger partial charge >= 0.3 is 0 Å². The summed E-state index contributed by atoms with van der Waals surface area (Å²) in [5.74, 6) is 6.82. The van der Waals surface area contributed by atoms with Crippen LogP contribution in [0.1, 0.15) is 126 Å². The first-order valence-corrected chi connectivity index (χ1v) is 13.2. The molecule has 164 valence electrons. The summed E-state index contributed by atoms with van der Waals surface area (Å²) in [4.78, 5) is 0. The first kappa shape index (κ1) is 22.7. The van der Waals surface area contributed by atoms with E-state index in [1.165, 1.54) is 77.0 Å². The van der Waals surface area contributed by atoms with Gasteiger partial charge in [0.05, 0.1) is 0 Å². The van der Waals surface area contributed by atoms with E-state index in [9.17, 15) is 0 Å². The minimum Gasteiger partial charge on any atom is -0.0651 e. The summed E-state index contributed by atoms with van der Waals surface area (Å²) in [5, 5.41) is 0. The highest BCUT2D eigenvalue weighted by atomic mass is 14.6. The average Bonchev–Trinajstić information content (AvgIpc) is 3.00. The molecular formula is C28H52. The third-order valence-corrected chi connectivity index (χ3v) is 10.4. The van der Waals surface area contributed by atoms with E-state index in [2.05, 4.69) is 48.5 Å². The van der Waals surface area contributed by atoms with Gasteiger partial charge in [-0.15, -0.1) is 0 Å². The van der Waals surface area contributed by atoms with Crippen LogP contribution in [0.2, 0.25) is 0 Å². The lowest BCUT2D eigenvalue weighted by molar-refractivity contribution is -0.0642. The van der Waals surface area contributed by atoms with Crippen LogP contribution < -0.4 is 0 Å². The molecule has 0 heteroatoms. The summed E-state index contributed by atoms with van der Waals surface area (Å²) in [7, 11) is 0. The van der Waals surface area contributed by atoms with E-state index in [1.54, 1.807) is 0 Å². The number of hydrogen-bond donors (Lipinski definition) is 0. The van der Waals surface area contributed by atoms with Crippen LogP contribution in [-0.2, 0) is 0 Å². The maximum atomic E-state index is 2.73. The van der Waals surface area contributed by atoms with E-state index in [0.717, 1.165) is 41.4 Å². The minimum absolute atomic E-state index is 0.646. The first-order valence-electron chi connectivity index (χ1n) is 13.2. The molecule has 0 aliphatic heterocycles. The molecule has 3 aliphatic carbocycles. The normalized spacial score (nSPS) is 45.2. The fourth-order valence-corrected chi connectivity index (χ4v) is 8.54. The van der Waals surface area contributed by atoms with Crippen molar-refractivity contribution in [2.24, 2.45) is 52.3 Å². The second-order valence-electron chi connectivity index (χ2n) is 12.7. The summed E-state index contributed by atoms with van der Waals surface area (Å²) in [6.45, 7) is 17.8. The molecule has 0 aromatic carbocycles. The molecule has 6 atom stereocenters. The van der Waals surface area contributed by atoms with Crippen LogP contribution in [0.5, 0.6) is 0 Å². The second-order valence-corrected chi connectivity index (χ2v) is 12.7. The molecule has 0 saturated heterocycles. The van der Waals surface area contributed by atoms with Crippen LogP contribution in [0, 0.1) is 52.3 Å². The zero-order valence-corrected chi connectivity index (χ0v) is 20.5. The fourth-order valence-electron chi connectivity index (χ4n) is 8.54. The monoisotopic (exact) mass is 388 g/mol. The van der Waals surface area contributed by atoms with E-state index in [-0.39, 0.29) is 0 Å². The van der Waals surface area contributed by atoms with Gasteiger partial charge in [-0.05, 0) is 90.8 Å². The van der Waals surface area contributed by atoms with Crippen molar-refractivity contribution < 1.29 is 0 Å². The highest BCUT2D eigenvalue weighted by Crippen LogP contribution is 2.65. The van der Waals surface area contributed by atoms with Gasteiger partial charge in [-0.25, -0.2) is 0 Å². The highest BCUT2D eigenvalue weighted by Gasteiger charge is 2.56. The van der Waals surface area contributed by atoms with Gasteiger partial charge in [-0.1, -0.05) is 87.0 Å². The second kappa shape index (κ2) is 9.01. The van der Waals surface area contributed by atoms with Gasteiger partial charge in [0, 0.05) is 0 Å². The molecule has 3 fully saturated rings. The molecule has 28 heavy (non-hydrogen) atoms. The van der Waals surface area contributed by atoms with E-state index in [4.69, 9.17) is 0 Å². The maximum absolute atomic E-state index is 2.73. The molecule has 0 aromatic rings. The summed E-state index contributed by atoms with van der Waals surface area (Å²) < 4.78 is 0. The zero-order valence-electron chi connectivity index (χ0n) is 20.5. The molecule has 0 nitrogen and oxygen atoms in total. The van der Waals surface area contributed by atoms with Crippen molar-refractivity contribution in [2.45, 2.75) is 126 Å². The average molecular weight is 389 g/mol. The Morgan fingerprint density at radius 3 is 2.11 bits per heavy atom. The summed E-state index contributed by atoms with van der Waals surface area (Å²) in [6, 6.07) is 0. The van der Waals surface area contributed by atoms with Gasteiger partial charge in [0.25, 0.3) is 0 Å². The largest absolute Gasteiger partial charge is 0.0651 e. The van der Waals surface area contributed by atoms with Crippen molar-refractivity contribution in [3.8, 4) is 0 Å². The van der Waals surface area contributed by atoms with Gasteiger partial charge in [0.15, 0.2) is 0 Å². The van der Waals surface area contributed by atoms with Gasteiger partial charge in [0.2, 0.25) is 0 Å². The summed E-state index contributed by atoms with van der Waals surface area (Å²) >= 11 is 0. The highest BCUT2D eigenvalue weighted by molar-refractivity contribution is 5.06. The van der Waals surface area contributed by atoms with Crippen LogP contribution in [0.25, 0.3) is 0 Å². The van der Waals surface area contributed by atoms with Crippen LogP contribution in [0.15, 0.2) is 0 Å². The minimum atomic E-state index is 0.646. The SMILES string of the molecule is CCC1C(C2(C)CCC(C)CC2)CCC2(C)C1CCC2[C@H](C)CCCC(C)C. The fraction of sp³-hybridized carbons (Fsp3) is 1.00. The molecular weight excluding hydrogens is 336 g/mol.